The number of alkyl halides is 2. The zero-order chi connectivity index (χ0) is 18.2. The van der Waals surface area contributed by atoms with Gasteiger partial charge in [0, 0.05) is 26.1 Å². The van der Waals surface area contributed by atoms with Gasteiger partial charge < -0.3 is 10.1 Å². The molecule has 0 aliphatic carbocycles. The highest BCUT2D eigenvalue weighted by Gasteiger charge is 2.27. The van der Waals surface area contributed by atoms with E-state index in [1.54, 1.807) is 12.1 Å². The molecule has 0 spiro atoms. The first kappa shape index (κ1) is 16.7. The average Bonchev–Trinajstić information content (AvgIpc) is 2.91. The molecule has 1 amide bonds. The number of methoxy groups -OCH3 is 1. The molecule has 0 unspecified atom stereocenters. The van der Waals surface area contributed by atoms with Crippen molar-refractivity contribution in [3.05, 3.63) is 36.2 Å². The Balaban J connectivity index is 2.19. The molecule has 0 aliphatic rings. The van der Waals surface area contributed by atoms with Crippen LogP contribution in [-0.2, 0) is 10.7 Å². The van der Waals surface area contributed by atoms with E-state index in [2.05, 4.69) is 20.4 Å². The van der Waals surface area contributed by atoms with E-state index < -0.39 is 5.92 Å². The van der Waals surface area contributed by atoms with Gasteiger partial charge in [-0.15, -0.1) is 5.10 Å². The highest BCUT2D eigenvalue weighted by Crippen LogP contribution is 2.30. The van der Waals surface area contributed by atoms with Crippen LogP contribution in [0.1, 0.15) is 19.5 Å². The number of nitrogens with zero attached hydrogens (tertiary/aromatic N) is 4. The number of halogens is 2. The Morgan fingerprint density at radius 1 is 1.36 bits per heavy atom. The Bertz CT molecular complexity index is 949. The van der Waals surface area contributed by atoms with Gasteiger partial charge in [0.15, 0.2) is 5.82 Å². The molecule has 3 aromatic heterocycles. The highest BCUT2D eigenvalue weighted by molar-refractivity contribution is 5.92. The molecule has 3 rings (SSSR count). The minimum Gasteiger partial charge on any atom is -0.479 e. The van der Waals surface area contributed by atoms with Gasteiger partial charge in [0.25, 0.3) is 5.92 Å². The van der Waals surface area contributed by atoms with Crippen molar-refractivity contribution in [2.45, 2.75) is 19.8 Å². The Labute approximate surface area is 141 Å². The van der Waals surface area contributed by atoms with Crippen molar-refractivity contribution in [2.24, 2.45) is 0 Å². The van der Waals surface area contributed by atoms with Crippen LogP contribution in [0.15, 0.2) is 30.5 Å². The van der Waals surface area contributed by atoms with Crippen molar-refractivity contribution < 1.29 is 18.3 Å². The molecular weight excluding hydrogens is 332 g/mol. The lowest BCUT2D eigenvalue weighted by Crippen LogP contribution is -2.12. The number of pyridine rings is 2. The quantitative estimate of drug-likeness (QED) is 0.785. The molecule has 0 fully saturated rings. The lowest BCUT2D eigenvalue weighted by molar-refractivity contribution is -0.114. The molecule has 3 aromatic rings. The molecule has 3 heterocycles. The standard InChI is InChI=1S/C16H15F2N5O2/c1-9(24)20-13-7-11-10(8-19-13)15(25-3)22-23(11)14-6-4-5-12(21-14)16(2,17)18/h4-8H,1-3H3,(H,19,20,24). The summed E-state index contributed by atoms with van der Waals surface area (Å²) in [6.45, 7) is 2.14. The third kappa shape index (κ3) is 3.25. The average molecular weight is 347 g/mol. The van der Waals surface area contributed by atoms with Gasteiger partial charge in [0.1, 0.15) is 11.5 Å². The van der Waals surface area contributed by atoms with Crippen LogP contribution >= 0.6 is 0 Å². The summed E-state index contributed by atoms with van der Waals surface area (Å²) in [5.41, 5.74) is 0.142. The van der Waals surface area contributed by atoms with Gasteiger partial charge in [-0.2, -0.15) is 8.78 Å². The SMILES string of the molecule is COc1nn(-c2cccc(C(C)(F)F)n2)c2cc(NC(C)=O)ncc12. The van der Waals surface area contributed by atoms with Gasteiger partial charge in [0.2, 0.25) is 11.8 Å². The van der Waals surface area contributed by atoms with E-state index in [1.165, 1.54) is 37.0 Å². The molecule has 0 bridgehead atoms. The van der Waals surface area contributed by atoms with Crippen LogP contribution in [0, 0.1) is 0 Å². The first-order valence-electron chi connectivity index (χ1n) is 7.35. The van der Waals surface area contributed by atoms with E-state index in [0.717, 1.165) is 6.92 Å². The van der Waals surface area contributed by atoms with Crippen molar-refractivity contribution in [3.63, 3.8) is 0 Å². The van der Waals surface area contributed by atoms with E-state index in [1.807, 2.05) is 0 Å². The number of hydrogen-bond acceptors (Lipinski definition) is 5. The second kappa shape index (κ2) is 6.08. The van der Waals surface area contributed by atoms with Crippen molar-refractivity contribution in [1.29, 1.82) is 0 Å². The molecule has 0 aromatic carbocycles. The number of aromatic nitrogens is 4. The number of fused-ring (bicyclic) bond motifs is 1. The Hall–Kier alpha value is -3.10. The first-order valence-corrected chi connectivity index (χ1v) is 7.35. The summed E-state index contributed by atoms with van der Waals surface area (Å²) in [7, 11) is 1.44. The normalized spacial score (nSPS) is 11.6. The van der Waals surface area contributed by atoms with Gasteiger partial charge >= 0.3 is 0 Å². The van der Waals surface area contributed by atoms with E-state index in [0.29, 0.717) is 16.7 Å². The van der Waals surface area contributed by atoms with Crippen LogP contribution in [0.2, 0.25) is 0 Å². The van der Waals surface area contributed by atoms with Crippen molar-refractivity contribution in [3.8, 4) is 11.7 Å². The molecular formula is C16H15F2N5O2. The molecule has 0 atom stereocenters. The van der Waals surface area contributed by atoms with Gasteiger partial charge in [0.05, 0.1) is 18.0 Å². The maximum atomic E-state index is 13.6. The van der Waals surface area contributed by atoms with E-state index in [9.17, 15) is 13.6 Å². The third-order valence-electron chi connectivity index (χ3n) is 3.43. The van der Waals surface area contributed by atoms with Gasteiger partial charge in [-0.3, -0.25) is 4.79 Å². The van der Waals surface area contributed by atoms with E-state index in [4.69, 9.17) is 4.74 Å². The van der Waals surface area contributed by atoms with Gasteiger partial charge in [-0.1, -0.05) is 6.07 Å². The molecule has 0 saturated carbocycles. The number of carbonyl (C=O) groups excluding carboxylic acids is 1. The Morgan fingerprint density at radius 2 is 2.12 bits per heavy atom. The largest absolute Gasteiger partial charge is 0.479 e. The topological polar surface area (TPSA) is 81.9 Å². The zero-order valence-corrected chi connectivity index (χ0v) is 13.7. The van der Waals surface area contributed by atoms with Crippen LogP contribution in [0.5, 0.6) is 5.88 Å². The monoisotopic (exact) mass is 347 g/mol. The highest BCUT2D eigenvalue weighted by atomic mass is 19.3. The van der Waals surface area contributed by atoms with Gasteiger partial charge in [-0.25, -0.2) is 14.6 Å². The number of rotatable bonds is 4. The maximum absolute atomic E-state index is 13.6. The van der Waals surface area contributed by atoms with Crippen molar-refractivity contribution in [2.75, 3.05) is 12.4 Å². The smallest absolute Gasteiger partial charge is 0.287 e. The van der Waals surface area contributed by atoms with Gasteiger partial charge in [-0.05, 0) is 12.1 Å². The summed E-state index contributed by atoms with van der Waals surface area (Å²) in [4.78, 5) is 19.3. The van der Waals surface area contributed by atoms with Crippen LogP contribution < -0.4 is 10.1 Å². The van der Waals surface area contributed by atoms with Crippen LogP contribution in [-0.4, -0.2) is 32.8 Å². The Morgan fingerprint density at radius 3 is 2.76 bits per heavy atom. The molecule has 7 nitrogen and oxygen atoms in total. The summed E-state index contributed by atoms with van der Waals surface area (Å²) in [5.74, 6) is -2.58. The molecule has 9 heteroatoms. The number of ether oxygens (including phenoxy) is 1. The third-order valence-corrected chi connectivity index (χ3v) is 3.43. The van der Waals surface area contributed by atoms with Crippen LogP contribution in [0.3, 0.4) is 0 Å². The summed E-state index contributed by atoms with van der Waals surface area (Å²) >= 11 is 0. The fraction of sp³-hybridized carbons (Fsp3) is 0.250. The maximum Gasteiger partial charge on any atom is 0.287 e. The predicted octanol–water partition coefficient (Wildman–Crippen LogP) is 2.89. The summed E-state index contributed by atoms with van der Waals surface area (Å²) < 4.78 is 33.7. The molecule has 130 valence electrons. The molecule has 0 saturated heterocycles. The van der Waals surface area contributed by atoms with E-state index in [-0.39, 0.29) is 23.3 Å². The zero-order valence-electron chi connectivity index (χ0n) is 13.7. The molecule has 1 N–H and O–H groups in total. The number of anilines is 1. The predicted molar refractivity (Wildman–Crippen MR) is 87.1 cm³/mol. The molecule has 0 radical (unpaired) electrons. The summed E-state index contributed by atoms with van der Waals surface area (Å²) in [6, 6.07) is 5.85. The molecule has 0 aliphatic heterocycles. The minimum atomic E-state index is -3.08. The van der Waals surface area contributed by atoms with Crippen LogP contribution in [0.4, 0.5) is 14.6 Å². The number of nitrogens with one attached hydrogen (secondary N) is 1. The number of amides is 1. The second-order valence-corrected chi connectivity index (χ2v) is 5.46. The fourth-order valence-corrected chi connectivity index (χ4v) is 2.34. The number of carbonyl (C=O) groups is 1. The molecule has 25 heavy (non-hydrogen) atoms. The Kier molecular flexibility index (Phi) is 4.07. The fourth-order valence-electron chi connectivity index (χ4n) is 2.34. The lowest BCUT2D eigenvalue weighted by Gasteiger charge is -2.11. The van der Waals surface area contributed by atoms with E-state index >= 15 is 0 Å². The minimum absolute atomic E-state index is 0.201. The number of hydrogen-bond donors (Lipinski definition) is 1. The van der Waals surface area contributed by atoms with Crippen molar-refractivity contribution >= 4 is 22.6 Å². The van der Waals surface area contributed by atoms with Crippen molar-refractivity contribution in [1.82, 2.24) is 19.7 Å². The first-order chi connectivity index (χ1) is 11.8. The lowest BCUT2D eigenvalue weighted by atomic mass is 10.2. The van der Waals surface area contributed by atoms with Crippen LogP contribution in [0.25, 0.3) is 16.7 Å². The summed E-state index contributed by atoms with van der Waals surface area (Å²) in [6.07, 6.45) is 1.49. The second-order valence-electron chi connectivity index (χ2n) is 5.46. The summed E-state index contributed by atoms with van der Waals surface area (Å²) in [5, 5.41) is 7.38.